The number of carbonyl (C=O) groups is 1. The SMILES string of the molecule is CNc1cccc(-c2ccc(CCC=NNC(C)=O)cc2)c1. The highest BCUT2D eigenvalue weighted by molar-refractivity contribution is 5.74. The molecule has 0 bridgehead atoms. The molecule has 114 valence electrons. The Kier molecular flexibility index (Phi) is 5.72. The standard InChI is InChI=1S/C18H21N3O/c1-14(22)21-20-12-4-5-15-8-10-16(11-9-15)17-6-3-7-18(13-17)19-2/h3,6-13,19H,4-5H2,1-2H3,(H,21,22). The molecule has 0 heterocycles. The molecule has 22 heavy (non-hydrogen) atoms. The van der Waals surface area contributed by atoms with E-state index in [0.29, 0.717) is 0 Å². The monoisotopic (exact) mass is 295 g/mol. The molecule has 0 saturated carbocycles. The largest absolute Gasteiger partial charge is 0.388 e. The maximum atomic E-state index is 10.7. The molecule has 0 radical (unpaired) electrons. The molecule has 0 aliphatic rings. The van der Waals surface area contributed by atoms with Gasteiger partial charge < -0.3 is 5.32 Å². The highest BCUT2D eigenvalue weighted by Gasteiger charge is 1.99. The number of nitrogens with one attached hydrogen (secondary N) is 2. The Morgan fingerprint density at radius 1 is 1.14 bits per heavy atom. The smallest absolute Gasteiger partial charge is 0.236 e. The fourth-order valence-corrected chi connectivity index (χ4v) is 2.15. The molecule has 2 aromatic carbocycles. The lowest BCUT2D eigenvalue weighted by molar-refractivity contribution is -0.118. The molecule has 0 aliphatic carbocycles. The molecule has 0 aromatic heterocycles. The minimum atomic E-state index is -0.149. The summed E-state index contributed by atoms with van der Waals surface area (Å²) in [6.45, 7) is 1.44. The predicted octanol–water partition coefficient (Wildman–Crippen LogP) is 3.45. The first-order valence-corrected chi connectivity index (χ1v) is 7.34. The van der Waals surface area contributed by atoms with Gasteiger partial charge in [0.1, 0.15) is 0 Å². The Labute approximate surface area is 131 Å². The third-order valence-electron chi connectivity index (χ3n) is 3.31. The predicted molar refractivity (Wildman–Crippen MR) is 92.1 cm³/mol. The molecule has 0 atom stereocenters. The number of amides is 1. The number of hydrazone groups is 1. The number of hydrogen-bond acceptors (Lipinski definition) is 3. The van der Waals surface area contributed by atoms with Gasteiger partial charge in [-0.3, -0.25) is 4.79 Å². The van der Waals surface area contributed by atoms with Gasteiger partial charge >= 0.3 is 0 Å². The Bertz CT molecular complexity index is 648. The van der Waals surface area contributed by atoms with Gasteiger partial charge in [0.25, 0.3) is 0 Å². The van der Waals surface area contributed by atoms with Crippen molar-refractivity contribution in [2.45, 2.75) is 19.8 Å². The minimum absolute atomic E-state index is 0.149. The fourth-order valence-electron chi connectivity index (χ4n) is 2.15. The van der Waals surface area contributed by atoms with E-state index in [4.69, 9.17) is 0 Å². The molecule has 0 fully saturated rings. The first-order chi connectivity index (χ1) is 10.7. The van der Waals surface area contributed by atoms with E-state index in [9.17, 15) is 4.79 Å². The van der Waals surface area contributed by atoms with E-state index in [1.165, 1.54) is 23.6 Å². The van der Waals surface area contributed by atoms with Crippen LogP contribution in [-0.4, -0.2) is 19.2 Å². The zero-order chi connectivity index (χ0) is 15.8. The second-order valence-electron chi connectivity index (χ2n) is 5.05. The summed E-state index contributed by atoms with van der Waals surface area (Å²) in [6.07, 6.45) is 3.43. The van der Waals surface area contributed by atoms with Crippen molar-refractivity contribution in [2.75, 3.05) is 12.4 Å². The molecule has 2 aromatic rings. The number of rotatable bonds is 6. The Morgan fingerprint density at radius 2 is 1.91 bits per heavy atom. The van der Waals surface area contributed by atoms with E-state index in [0.717, 1.165) is 18.5 Å². The normalized spacial score (nSPS) is 10.6. The first kappa shape index (κ1) is 15.8. The van der Waals surface area contributed by atoms with Crippen LogP contribution in [0.3, 0.4) is 0 Å². The van der Waals surface area contributed by atoms with Crippen molar-refractivity contribution in [3.63, 3.8) is 0 Å². The van der Waals surface area contributed by atoms with Gasteiger partial charge in [0, 0.05) is 25.9 Å². The van der Waals surface area contributed by atoms with Crippen LogP contribution < -0.4 is 10.7 Å². The van der Waals surface area contributed by atoms with Gasteiger partial charge in [-0.05, 0) is 41.7 Å². The summed E-state index contributed by atoms with van der Waals surface area (Å²) in [5.74, 6) is -0.149. The van der Waals surface area contributed by atoms with Crippen molar-refractivity contribution in [1.82, 2.24) is 5.43 Å². The number of hydrogen-bond donors (Lipinski definition) is 2. The third-order valence-corrected chi connectivity index (χ3v) is 3.31. The summed E-state index contributed by atoms with van der Waals surface area (Å²) in [4.78, 5) is 10.7. The third kappa shape index (κ3) is 4.74. The second-order valence-corrected chi connectivity index (χ2v) is 5.05. The lowest BCUT2D eigenvalue weighted by atomic mass is 10.0. The molecular formula is C18H21N3O. The Hall–Kier alpha value is -2.62. The lowest BCUT2D eigenvalue weighted by Crippen LogP contribution is -2.12. The molecule has 0 aliphatic heterocycles. The molecule has 0 spiro atoms. The van der Waals surface area contributed by atoms with Crippen molar-refractivity contribution in [2.24, 2.45) is 5.10 Å². The van der Waals surface area contributed by atoms with E-state index in [1.807, 2.05) is 19.2 Å². The van der Waals surface area contributed by atoms with Gasteiger partial charge in [-0.15, -0.1) is 0 Å². The Balaban J connectivity index is 1.95. The average molecular weight is 295 g/mol. The highest BCUT2D eigenvalue weighted by atomic mass is 16.2. The summed E-state index contributed by atoms with van der Waals surface area (Å²) in [6, 6.07) is 16.9. The zero-order valence-corrected chi connectivity index (χ0v) is 13.0. The fraction of sp³-hybridized carbons (Fsp3) is 0.222. The van der Waals surface area contributed by atoms with Gasteiger partial charge in [-0.2, -0.15) is 5.10 Å². The van der Waals surface area contributed by atoms with Crippen molar-refractivity contribution in [3.8, 4) is 11.1 Å². The number of anilines is 1. The summed E-state index contributed by atoms with van der Waals surface area (Å²) < 4.78 is 0. The van der Waals surface area contributed by atoms with Crippen LogP contribution in [0.15, 0.2) is 53.6 Å². The highest BCUT2D eigenvalue weighted by Crippen LogP contribution is 2.23. The van der Waals surface area contributed by atoms with Crippen LogP contribution in [0, 0.1) is 0 Å². The second kappa shape index (κ2) is 7.98. The topological polar surface area (TPSA) is 53.5 Å². The molecule has 4 nitrogen and oxygen atoms in total. The summed E-state index contributed by atoms with van der Waals surface area (Å²) in [5, 5.41) is 6.99. The average Bonchev–Trinajstić information content (AvgIpc) is 2.55. The van der Waals surface area contributed by atoms with Crippen LogP contribution in [0.25, 0.3) is 11.1 Å². The molecule has 1 amide bonds. The van der Waals surface area contributed by atoms with Crippen LogP contribution >= 0.6 is 0 Å². The van der Waals surface area contributed by atoms with Crippen LogP contribution in [0.2, 0.25) is 0 Å². The van der Waals surface area contributed by atoms with Gasteiger partial charge in [0.15, 0.2) is 0 Å². The van der Waals surface area contributed by atoms with Crippen LogP contribution in [0.5, 0.6) is 0 Å². The van der Waals surface area contributed by atoms with Gasteiger partial charge in [-0.1, -0.05) is 36.4 Å². The summed E-state index contributed by atoms with van der Waals surface area (Å²) in [7, 11) is 1.92. The van der Waals surface area contributed by atoms with E-state index in [2.05, 4.69) is 52.2 Å². The number of benzene rings is 2. The van der Waals surface area contributed by atoms with Crippen LogP contribution in [-0.2, 0) is 11.2 Å². The molecular weight excluding hydrogens is 274 g/mol. The number of aryl methyl sites for hydroxylation is 1. The maximum absolute atomic E-state index is 10.7. The molecule has 4 heteroatoms. The van der Waals surface area contributed by atoms with Gasteiger partial charge in [0.05, 0.1) is 0 Å². The first-order valence-electron chi connectivity index (χ1n) is 7.34. The molecule has 2 N–H and O–H groups in total. The molecule has 2 rings (SSSR count). The zero-order valence-electron chi connectivity index (χ0n) is 13.0. The van der Waals surface area contributed by atoms with Crippen molar-refractivity contribution < 1.29 is 4.79 Å². The van der Waals surface area contributed by atoms with E-state index >= 15 is 0 Å². The van der Waals surface area contributed by atoms with E-state index in [1.54, 1.807) is 6.21 Å². The van der Waals surface area contributed by atoms with Crippen molar-refractivity contribution >= 4 is 17.8 Å². The quantitative estimate of drug-likeness (QED) is 0.633. The van der Waals surface area contributed by atoms with E-state index < -0.39 is 0 Å². The lowest BCUT2D eigenvalue weighted by Gasteiger charge is -2.06. The van der Waals surface area contributed by atoms with Crippen LogP contribution in [0.4, 0.5) is 5.69 Å². The van der Waals surface area contributed by atoms with Crippen molar-refractivity contribution in [1.29, 1.82) is 0 Å². The van der Waals surface area contributed by atoms with Gasteiger partial charge in [-0.25, -0.2) is 5.43 Å². The summed E-state index contributed by atoms with van der Waals surface area (Å²) in [5.41, 5.74) is 7.16. The van der Waals surface area contributed by atoms with E-state index in [-0.39, 0.29) is 5.91 Å². The summed E-state index contributed by atoms with van der Waals surface area (Å²) >= 11 is 0. The molecule has 0 unspecified atom stereocenters. The van der Waals surface area contributed by atoms with Crippen molar-refractivity contribution in [3.05, 3.63) is 54.1 Å². The molecule has 0 saturated heterocycles. The van der Waals surface area contributed by atoms with Gasteiger partial charge in [0.2, 0.25) is 5.91 Å². The maximum Gasteiger partial charge on any atom is 0.236 e. The van der Waals surface area contributed by atoms with Crippen LogP contribution in [0.1, 0.15) is 18.9 Å². The number of carbonyl (C=O) groups excluding carboxylic acids is 1. The Morgan fingerprint density at radius 3 is 2.59 bits per heavy atom. The minimum Gasteiger partial charge on any atom is -0.388 e. The number of nitrogens with zero attached hydrogens (tertiary/aromatic N) is 1.